The number of hydrogen-bond donors (Lipinski definition) is 1. The van der Waals surface area contributed by atoms with E-state index in [1.54, 1.807) is 0 Å². The number of rotatable bonds is 5. The van der Waals surface area contributed by atoms with Gasteiger partial charge in [0.15, 0.2) is 0 Å². The first-order valence-electron chi connectivity index (χ1n) is 7.90. The van der Waals surface area contributed by atoms with Crippen molar-refractivity contribution in [3.63, 3.8) is 0 Å². The third-order valence-electron chi connectivity index (χ3n) is 4.51. The minimum Gasteiger partial charge on any atom is -0.389 e. The molecule has 0 unspecified atom stereocenters. The molecule has 3 heteroatoms. The number of nitrogens with zero attached hydrogens (tertiary/aromatic N) is 1. The molecule has 0 radical (unpaired) electrons. The van der Waals surface area contributed by atoms with Crippen molar-refractivity contribution in [2.24, 2.45) is 0 Å². The predicted octanol–water partition coefficient (Wildman–Crippen LogP) is 2.36. The normalized spacial score (nSPS) is 21.9. The second-order valence-corrected chi connectivity index (χ2v) is 6.15. The SMILES string of the molecule is O[C@H](COC1CCCC1)CN1CCc2ccccc2C1. The molecule has 3 nitrogen and oxygen atoms in total. The lowest BCUT2D eigenvalue weighted by Gasteiger charge is -2.30. The Bertz CT molecular complexity index is 429. The van der Waals surface area contributed by atoms with E-state index in [0.717, 1.165) is 26.1 Å². The van der Waals surface area contributed by atoms with Crippen LogP contribution in [0.2, 0.25) is 0 Å². The Hall–Kier alpha value is -0.900. The van der Waals surface area contributed by atoms with Gasteiger partial charge in [0.1, 0.15) is 0 Å². The molecular formula is C17H25NO2. The van der Waals surface area contributed by atoms with Gasteiger partial charge in [0.25, 0.3) is 0 Å². The second kappa shape index (κ2) is 6.70. The Morgan fingerprint density at radius 3 is 2.75 bits per heavy atom. The number of fused-ring (bicyclic) bond motifs is 1. The molecule has 1 aromatic rings. The van der Waals surface area contributed by atoms with Gasteiger partial charge >= 0.3 is 0 Å². The molecule has 2 aliphatic rings. The first kappa shape index (κ1) is 14.1. The summed E-state index contributed by atoms with van der Waals surface area (Å²) >= 11 is 0. The summed E-state index contributed by atoms with van der Waals surface area (Å²) in [5, 5.41) is 10.1. The predicted molar refractivity (Wildman–Crippen MR) is 79.6 cm³/mol. The molecule has 3 rings (SSSR count). The number of β-amino-alcohol motifs (C(OH)–C–C–N with tert-alkyl or cyclic N) is 1. The molecule has 1 aromatic carbocycles. The Morgan fingerprint density at radius 1 is 1.20 bits per heavy atom. The maximum absolute atomic E-state index is 10.1. The van der Waals surface area contributed by atoms with E-state index in [4.69, 9.17) is 4.74 Å². The first-order chi connectivity index (χ1) is 9.81. The van der Waals surface area contributed by atoms with Gasteiger partial charge in [-0.25, -0.2) is 0 Å². The summed E-state index contributed by atoms with van der Waals surface area (Å²) in [5.74, 6) is 0. The van der Waals surface area contributed by atoms with Gasteiger partial charge in [-0.15, -0.1) is 0 Å². The lowest BCUT2D eigenvalue weighted by atomic mass is 10.00. The van der Waals surface area contributed by atoms with Crippen LogP contribution in [0.5, 0.6) is 0 Å². The lowest BCUT2D eigenvalue weighted by molar-refractivity contribution is -0.0198. The fourth-order valence-corrected chi connectivity index (χ4v) is 3.36. The average Bonchev–Trinajstić information content (AvgIpc) is 2.98. The Labute approximate surface area is 121 Å². The van der Waals surface area contributed by atoms with Crippen molar-refractivity contribution in [3.8, 4) is 0 Å². The molecule has 0 amide bonds. The molecule has 1 fully saturated rings. The van der Waals surface area contributed by atoms with Gasteiger partial charge in [-0.05, 0) is 30.4 Å². The number of hydrogen-bond acceptors (Lipinski definition) is 3. The molecule has 0 aromatic heterocycles. The van der Waals surface area contributed by atoms with Crippen LogP contribution in [0.15, 0.2) is 24.3 Å². The monoisotopic (exact) mass is 275 g/mol. The molecule has 1 atom stereocenters. The van der Waals surface area contributed by atoms with Crippen molar-refractivity contribution in [3.05, 3.63) is 35.4 Å². The third kappa shape index (κ3) is 3.60. The maximum atomic E-state index is 10.1. The Balaban J connectivity index is 1.44. The third-order valence-corrected chi connectivity index (χ3v) is 4.51. The summed E-state index contributed by atoms with van der Waals surface area (Å²) in [6.45, 7) is 3.21. The zero-order valence-corrected chi connectivity index (χ0v) is 12.1. The molecule has 1 N–H and O–H groups in total. The number of benzene rings is 1. The Kier molecular flexibility index (Phi) is 4.71. The van der Waals surface area contributed by atoms with E-state index in [0.29, 0.717) is 12.7 Å². The van der Waals surface area contributed by atoms with E-state index in [2.05, 4.69) is 29.2 Å². The van der Waals surface area contributed by atoms with Crippen molar-refractivity contribution < 1.29 is 9.84 Å². The van der Waals surface area contributed by atoms with Gasteiger partial charge in [0, 0.05) is 19.6 Å². The summed E-state index contributed by atoms with van der Waals surface area (Å²) in [6, 6.07) is 8.62. The van der Waals surface area contributed by atoms with Crippen LogP contribution in [-0.2, 0) is 17.7 Å². The quantitative estimate of drug-likeness (QED) is 0.895. The van der Waals surface area contributed by atoms with E-state index >= 15 is 0 Å². The highest BCUT2D eigenvalue weighted by atomic mass is 16.5. The zero-order valence-electron chi connectivity index (χ0n) is 12.1. The van der Waals surface area contributed by atoms with Crippen LogP contribution in [0, 0.1) is 0 Å². The highest BCUT2D eigenvalue weighted by Gasteiger charge is 2.20. The minimum atomic E-state index is -0.360. The van der Waals surface area contributed by atoms with Crippen molar-refractivity contribution in [1.82, 2.24) is 4.90 Å². The molecule has 0 bridgehead atoms. The van der Waals surface area contributed by atoms with Gasteiger partial charge in [-0.1, -0.05) is 37.1 Å². The van der Waals surface area contributed by atoms with Crippen LogP contribution < -0.4 is 0 Å². The standard InChI is InChI=1S/C17H25NO2/c19-16(13-20-17-7-3-4-8-17)12-18-10-9-14-5-1-2-6-15(14)11-18/h1-2,5-6,16-17,19H,3-4,7-13H2/t16-/m0/s1. The highest BCUT2D eigenvalue weighted by Crippen LogP contribution is 2.21. The van der Waals surface area contributed by atoms with E-state index < -0.39 is 0 Å². The van der Waals surface area contributed by atoms with Gasteiger partial charge in [-0.3, -0.25) is 4.90 Å². The van der Waals surface area contributed by atoms with E-state index in [1.807, 2.05) is 0 Å². The smallest absolute Gasteiger partial charge is 0.0900 e. The second-order valence-electron chi connectivity index (χ2n) is 6.15. The van der Waals surface area contributed by atoms with Gasteiger partial charge < -0.3 is 9.84 Å². The fraction of sp³-hybridized carbons (Fsp3) is 0.647. The van der Waals surface area contributed by atoms with E-state index in [1.165, 1.54) is 36.8 Å². The molecule has 1 aliphatic heterocycles. The summed E-state index contributed by atoms with van der Waals surface area (Å²) in [6.07, 6.45) is 6.03. The summed E-state index contributed by atoms with van der Waals surface area (Å²) in [4.78, 5) is 2.34. The zero-order chi connectivity index (χ0) is 13.8. The first-order valence-corrected chi connectivity index (χ1v) is 7.90. The van der Waals surface area contributed by atoms with Crippen LogP contribution in [0.1, 0.15) is 36.8 Å². The van der Waals surface area contributed by atoms with Gasteiger partial charge in [0.2, 0.25) is 0 Å². The maximum Gasteiger partial charge on any atom is 0.0900 e. The highest BCUT2D eigenvalue weighted by molar-refractivity contribution is 5.29. The molecule has 110 valence electrons. The topological polar surface area (TPSA) is 32.7 Å². The Morgan fingerprint density at radius 2 is 1.95 bits per heavy atom. The fourth-order valence-electron chi connectivity index (χ4n) is 3.36. The molecule has 0 spiro atoms. The van der Waals surface area contributed by atoms with Gasteiger partial charge in [-0.2, -0.15) is 0 Å². The lowest BCUT2D eigenvalue weighted by Crippen LogP contribution is -2.38. The van der Waals surface area contributed by atoms with Crippen LogP contribution in [0.4, 0.5) is 0 Å². The molecule has 1 saturated carbocycles. The van der Waals surface area contributed by atoms with E-state index in [9.17, 15) is 5.11 Å². The summed E-state index contributed by atoms with van der Waals surface area (Å²) in [5.41, 5.74) is 2.86. The van der Waals surface area contributed by atoms with Crippen LogP contribution in [0.25, 0.3) is 0 Å². The molecule has 0 saturated heterocycles. The van der Waals surface area contributed by atoms with Crippen LogP contribution in [0.3, 0.4) is 0 Å². The number of aliphatic hydroxyl groups is 1. The van der Waals surface area contributed by atoms with E-state index in [-0.39, 0.29) is 6.10 Å². The van der Waals surface area contributed by atoms with Crippen molar-refractivity contribution in [2.45, 2.75) is 50.9 Å². The molecule has 1 heterocycles. The average molecular weight is 275 g/mol. The minimum absolute atomic E-state index is 0.360. The number of aliphatic hydroxyl groups excluding tert-OH is 1. The molecule has 1 aliphatic carbocycles. The number of ether oxygens (including phenoxy) is 1. The summed E-state index contributed by atoms with van der Waals surface area (Å²) < 4.78 is 5.80. The van der Waals surface area contributed by atoms with Crippen LogP contribution in [-0.4, -0.2) is 41.9 Å². The van der Waals surface area contributed by atoms with Crippen LogP contribution >= 0.6 is 0 Å². The van der Waals surface area contributed by atoms with Crippen molar-refractivity contribution >= 4 is 0 Å². The molecular weight excluding hydrogens is 250 g/mol. The summed E-state index contributed by atoms with van der Waals surface area (Å²) in [7, 11) is 0. The van der Waals surface area contributed by atoms with Crippen molar-refractivity contribution in [1.29, 1.82) is 0 Å². The largest absolute Gasteiger partial charge is 0.389 e. The van der Waals surface area contributed by atoms with Crippen molar-refractivity contribution in [2.75, 3.05) is 19.7 Å². The molecule has 20 heavy (non-hydrogen) atoms. The van der Waals surface area contributed by atoms with Gasteiger partial charge in [0.05, 0.1) is 18.8 Å².